The maximum absolute atomic E-state index is 8.99. The molecule has 17 heavy (non-hydrogen) atoms. The molecule has 1 aromatic heterocycles. The summed E-state index contributed by atoms with van der Waals surface area (Å²) in [5.74, 6) is 1.12. The number of aryl methyl sites for hydroxylation is 1. The third kappa shape index (κ3) is 2.96. The Hall–Kier alpha value is -1.58. The first kappa shape index (κ1) is 11.9. The summed E-state index contributed by atoms with van der Waals surface area (Å²) in [6, 6.07) is 7.48. The predicted octanol–water partition coefficient (Wildman–Crippen LogP) is 3.30. The molecule has 0 aliphatic carbocycles. The summed E-state index contributed by atoms with van der Waals surface area (Å²) in [4.78, 5) is 4.13. The molecule has 4 heteroatoms. The van der Waals surface area contributed by atoms with Gasteiger partial charge in [-0.05, 0) is 30.7 Å². The number of hydrogen-bond acceptors (Lipinski definition) is 3. The fourth-order valence-corrected chi connectivity index (χ4v) is 1.64. The van der Waals surface area contributed by atoms with Gasteiger partial charge in [-0.2, -0.15) is 0 Å². The lowest BCUT2D eigenvalue weighted by molar-refractivity contribution is 0.275. The molecule has 0 atom stereocenters. The Balaban J connectivity index is 2.20. The number of aliphatic hydroxyl groups excluding tert-OH is 1. The third-order valence-corrected chi connectivity index (χ3v) is 2.56. The van der Waals surface area contributed by atoms with Crippen molar-refractivity contribution in [2.45, 2.75) is 13.5 Å². The van der Waals surface area contributed by atoms with E-state index in [0.29, 0.717) is 22.4 Å². The second-order valence-electron chi connectivity index (χ2n) is 3.60. The summed E-state index contributed by atoms with van der Waals surface area (Å²) in [6.45, 7) is 1.66. The molecule has 2 rings (SSSR count). The Morgan fingerprint density at radius 3 is 2.88 bits per heavy atom. The Morgan fingerprint density at radius 1 is 1.41 bits per heavy atom. The fourth-order valence-electron chi connectivity index (χ4n) is 1.45. The van der Waals surface area contributed by atoms with E-state index in [0.717, 1.165) is 5.56 Å². The minimum atomic E-state index is -0.111. The molecule has 3 nitrogen and oxygen atoms in total. The average Bonchev–Trinajstić information content (AvgIpc) is 2.67. The molecular formula is C13H12ClNO2. The molecule has 0 aliphatic heterocycles. The summed E-state index contributed by atoms with van der Waals surface area (Å²) >= 11 is 5.87. The van der Waals surface area contributed by atoms with Crippen molar-refractivity contribution in [3.05, 3.63) is 52.2 Å². The highest BCUT2D eigenvalue weighted by atomic mass is 35.5. The Morgan fingerprint density at radius 2 is 2.24 bits per heavy atom. The van der Waals surface area contributed by atoms with E-state index in [9.17, 15) is 0 Å². The molecule has 0 aliphatic rings. The standard InChI is InChI=1S/C13H12ClNO2/c1-9-12(8-16)15-13(17-9)6-5-10-3-2-4-11(14)7-10/h2-7,16H,8H2,1H3. The van der Waals surface area contributed by atoms with Crippen molar-refractivity contribution < 1.29 is 9.52 Å². The van der Waals surface area contributed by atoms with Crippen LogP contribution >= 0.6 is 11.6 Å². The summed E-state index contributed by atoms with van der Waals surface area (Å²) in [5, 5.41) is 9.68. The van der Waals surface area contributed by atoms with Crippen LogP contribution in [0.5, 0.6) is 0 Å². The van der Waals surface area contributed by atoms with Gasteiger partial charge in [0.1, 0.15) is 11.5 Å². The second-order valence-corrected chi connectivity index (χ2v) is 4.04. The number of rotatable bonds is 3. The number of halogens is 1. The smallest absolute Gasteiger partial charge is 0.219 e. The van der Waals surface area contributed by atoms with E-state index in [2.05, 4.69) is 4.98 Å². The van der Waals surface area contributed by atoms with Gasteiger partial charge in [0.05, 0.1) is 6.61 Å². The van der Waals surface area contributed by atoms with E-state index in [1.165, 1.54) is 0 Å². The lowest BCUT2D eigenvalue weighted by Crippen LogP contribution is -1.84. The fraction of sp³-hybridized carbons (Fsp3) is 0.154. The van der Waals surface area contributed by atoms with Crippen LogP contribution in [0.25, 0.3) is 12.2 Å². The molecule has 1 aromatic carbocycles. The number of oxazole rings is 1. The largest absolute Gasteiger partial charge is 0.442 e. The number of benzene rings is 1. The van der Waals surface area contributed by atoms with Gasteiger partial charge < -0.3 is 9.52 Å². The van der Waals surface area contributed by atoms with Crippen LogP contribution < -0.4 is 0 Å². The minimum Gasteiger partial charge on any atom is -0.442 e. The van der Waals surface area contributed by atoms with Crippen LogP contribution in [0.15, 0.2) is 28.7 Å². The minimum absolute atomic E-state index is 0.111. The highest BCUT2D eigenvalue weighted by Crippen LogP contribution is 2.15. The number of aromatic nitrogens is 1. The first-order chi connectivity index (χ1) is 8.19. The second kappa shape index (κ2) is 5.17. The van der Waals surface area contributed by atoms with Crippen LogP contribution in [-0.4, -0.2) is 10.1 Å². The molecule has 0 saturated carbocycles. The van der Waals surface area contributed by atoms with E-state index in [1.54, 1.807) is 13.0 Å². The lowest BCUT2D eigenvalue weighted by atomic mass is 10.2. The zero-order valence-corrected chi connectivity index (χ0v) is 10.1. The van der Waals surface area contributed by atoms with Crippen molar-refractivity contribution in [3.8, 4) is 0 Å². The zero-order chi connectivity index (χ0) is 12.3. The van der Waals surface area contributed by atoms with Crippen LogP contribution in [0, 0.1) is 6.92 Å². The van der Waals surface area contributed by atoms with Gasteiger partial charge in [0.15, 0.2) is 0 Å². The molecule has 0 radical (unpaired) electrons. The first-order valence-corrected chi connectivity index (χ1v) is 5.57. The molecule has 0 amide bonds. The summed E-state index contributed by atoms with van der Waals surface area (Å²) in [5.41, 5.74) is 1.54. The molecule has 0 bridgehead atoms. The monoisotopic (exact) mass is 249 g/mol. The summed E-state index contributed by atoms with van der Waals surface area (Å²) in [7, 11) is 0. The first-order valence-electron chi connectivity index (χ1n) is 5.20. The highest BCUT2D eigenvalue weighted by Gasteiger charge is 2.05. The predicted molar refractivity (Wildman–Crippen MR) is 67.5 cm³/mol. The number of aliphatic hydroxyl groups is 1. The van der Waals surface area contributed by atoms with Gasteiger partial charge in [0.2, 0.25) is 5.89 Å². The molecule has 1 heterocycles. The van der Waals surface area contributed by atoms with E-state index in [-0.39, 0.29) is 6.61 Å². The molecule has 0 spiro atoms. The van der Waals surface area contributed by atoms with Crippen molar-refractivity contribution >= 4 is 23.8 Å². The molecule has 0 unspecified atom stereocenters. The molecule has 1 N–H and O–H groups in total. The average molecular weight is 250 g/mol. The molecule has 0 saturated heterocycles. The van der Waals surface area contributed by atoms with Crippen LogP contribution in [0.3, 0.4) is 0 Å². The third-order valence-electron chi connectivity index (χ3n) is 2.33. The SMILES string of the molecule is Cc1oc(C=Cc2cccc(Cl)c2)nc1CO. The van der Waals surface area contributed by atoms with E-state index in [1.807, 2.05) is 30.3 Å². The Bertz CT molecular complexity index is 546. The van der Waals surface area contributed by atoms with Crippen LogP contribution in [-0.2, 0) is 6.61 Å². The number of hydrogen-bond donors (Lipinski definition) is 1. The molecule has 0 fully saturated rings. The quantitative estimate of drug-likeness (QED) is 0.908. The van der Waals surface area contributed by atoms with Gasteiger partial charge in [0, 0.05) is 11.1 Å². The van der Waals surface area contributed by atoms with E-state index < -0.39 is 0 Å². The van der Waals surface area contributed by atoms with E-state index >= 15 is 0 Å². The van der Waals surface area contributed by atoms with Crippen molar-refractivity contribution in [2.75, 3.05) is 0 Å². The topological polar surface area (TPSA) is 46.3 Å². The molecular weight excluding hydrogens is 238 g/mol. The van der Waals surface area contributed by atoms with Crippen LogP contribution in [0.1, 0.15) is 22.9 Å². The van der Waals surface area contributed by atoms with Gasteiger partial charge in [-0.15, -0.1) is 0 Å². The van der Waals surface area contributed by atoms with Crippen molar-refractivity contribution in [1.29, 1.82) is 0 Å². The van der Waals surface area contributed by atoms with Crippen molar-refractivity contribution in [1.82, 2.24) is 4.98 Å². The Labute approximate surface area is 104 Å². The lowest BCUT2D eigenvalue weighted by Gasteiger charge is -1.92. The summed E-state index contributed by atoms with van der Waals surface area (Å²) in [6.07, 6.45) is 3.61. The van der Waals surface area contributed by atoms with Gasteiger partial charge in [-0.3, -0.25) is 0 Å². The van der Waals surface area contributed by atoms with Gasteiger partial charge in [0.25, 0.3) is 0 Å². The molecule has 2 aromatic rings. The molecule has 88 valence electrons. The van der Waals surface area contributed by atoms with E-state index in [4.69, 9.17) is 21.1 Å². The normalized spacial score (nSPS) is 11.2. The van der Waals surface area contributed by atoms with Crippen LogP contribution in [0.2, 0.25) is 5.02 Å². The van der Waals surface area contributed by atoms with Crippen molar-refractivity contribution in [2.24, 2.45) is 0 Å². The maximum atomic E-state index is 8.99. The van der Waals surface area contributed by atoms with Crippen LogP contribution in [0.4, 0.5) is 0 Å². The van der Waals surface area contributed by atoms with Crippen molar-refractivity contribution in [3.63, 3.8) is 0 Å². The maximum Gasteiger partial charge on any atom is 0.219 e. The highest BCUT2D eigenvalue weighted by molar-refractivity contribution is 6.30. The number of nitrogens with zero attached hydrogens (tertiary/aromatic N) is 1. The Kier molecular flexibility index (Phi) is 3.61. The zero-order valence-electron chi connectivity index (χ0n) is 9.35. The van der Waals surface area contributed by atoms with Gasteiger partial charge >= 0.3 is 0 Å². The van der Waals surface area contributed by atoms with Gasteiger partial charge in [-0.25, -0.2) is 4.98 Å². The summed E-state index contributed by atoms with van der Waals surface area (Å²) < 4.78 is 5.37. The van der Waals surface area contributed by atoms with Gasteiger partial charge in [-0.1, -0.05) is 23.7 Å².